The molecule has 0 aromatic heterocycles. The molecule has 0 fully saturated rings. The van der Waals surface area contributed by atoms with Crippen LogP contribution in [0, 0.1) is 17.6 Å². The van der Waals surface area contributed by atoms with Crippen molar-refractivity contribution in [1.82, 2.24) is 4.90 Å². The Morgan fingerprint density at radius 1 is 1.23 bits per heavy atom. The van der Waals surface area contributed by atoms with Crippen LogP contribution in [0.15, 0.2) is 42.5 Å². The van der Waals surface area contributed by atoms with E-state index in [4.69, 9.17) is 0 Å². The van der Waals surface area contributed by atoms with Crippen LogP contribution in [0.3, 0.4) is 0 Å². The number of halogens is 2. The number of fused-ring (bicyclic) bond motifs is 1. The lowest BCUT2D eigenvalue weighted by molar-refractivity contribution is -0.131. The smallest absolute Gasteiger partial charge is 0.227 e. The van der Waals surface area contributed by atoms with Gasteiger partial charge in [-0.1, -0.05) is 24.3 Å². The second-order valence-electron chi connectivity index (χ2n) is 6.57. The van der Waals surface area contributed by atoms with Crippen LogP contribution >= 0.6 is 0 Å². The van der Waals surface area contributed by atoms with Gasteiger partial charge in [0.25, 0.3) is 0 Å². The zero-order chi connectivity index (χ0) is 18.7. The number of nitrogens with one attached hydrogen (secondary N) is 1. The molecule has 0 saturated heterocycles. The Labute approximate surface area is 150 Å². The molecule has 136 valence electrons. The quantitative estimate of drug-likeness (QED) is 0.889. The zero-order valence-electron chi connectivity index (χ0n) is 14.5. The van der Waals surface area contributed by atoms with Crippen molar-refractivity contribution < 1.29 is 18.4 Å². The predicted molar refractivity (Wildman–Crippen MR) is 94.3 cm³/mol. The number of anilines is 1. The van der Waals surface area contributed by atoms with Gasteiger partial charge in [0.05, 0.1) is 0 Å². The fraction of sp³-hybridized carbons (Fsp3) is 0.300. The summed E-state index contributed by atoms with van der Waals surface area (Å²) in [5, 5.41) is 2.87. The van der Waals surface area contributed by atoms with E-state index in [9.17, 15) is 18.4 Å². The zero-order valence-corrected chi connectivity index (χ0v) is 14.5. The van der Waals surface area contributed by atoms with Crippen LogP contribution in [0.25, 0.3) is 0 Å². The number of para-hydroxylation sites is 1. The van der Waals surface area contributed by atoms with Crippen LogP contribution in [0.4, 0.5) is 14.5 Å². The van der Waals surface area contributed by atoms with Crippen molar-refractivity contribution in [3.05, 3.63) is 65.2 Å². The van der Waals surface area contributed by atoms with E-state index in [1.807, 2.05) is 24.3 Å². The molecule has 0 bridgehead atoms. The third-order valence-corrected chi connectivity index (χ3v) is 4.67. The summed E-state index contributed by atoms with van der Waals surface area (Å²) in [4.78, 5) is 25.9. The topological polar surface area (TPSA) is 49.4 Å². The van der Waals surface area contributed by atoms with Gasteiger partial charge in [0.15, 0.2) is 0 Å². The second-order valence-corrected chi connectivity index (χ2v) is 6.57. The average Bonchev–Trinajstić information content (AvgIpc) is 2.61. The predicted octanol–water partition coefficient (Wildman–Crippen LogP) is 3.51. The van der Waals surface area contributed by atoms with Crippen LogP contribution in [0.2, 0.25) is 0 Å². The minimum Gasteiger partial charge on any atom is -0.341 e. The molecule has 2 aromatic carbocycles. The van der Waals surface area contributed by atoms with Crippen LogP contribution < -0.4 is 5.32 Å². The Morgan fingerprint density at radius 2 is 2.00 bits per heavy atom. The van der Waals surface area contributed by atoms with Gasteiger partial charge in [0.2, 0.25) is 11.8 Å². The van der Waals surface area contributed by atoms with Crippen LogP contribution in [-0.4, -0.2) is 23.8 Å². The molecule has 0 spiro atoms. The minimum absolute atomic E-state index is 0.0602. The van der Waals surface area contributed by atoms with Crippen molar-refractivity contribution in [2.45, 2.75) is 25.8 Å². The standard InChI is InChI=1S/C20H20F2N2O2/c1-24(12-15-6-8-16(21)11-17(15)22)19(25)9-7-14-10-13-4-2-3-5-18(13)23-20(14)26/h2-6,8,11,14H,7,9-10,12H2,1H3,(H,23,26). The van der Waals surface area contributed by atoms with E-state index in [1.165, 1.54) is 17.0 Å². The maximum absolute atomic E-state index is 13.7. The number of rotatable bonds is 5. The summed E-state index contributed by atoms with van der Waals surface area (Å²) in [5.41, 5.74) is 2.14. The van der Waals surface area contributed by atoms with Crippen LogP contribution in [0.1, 0.15) is 24.0 Å². The largest absolute Gasteiger partial charge is 0.341 e. The molecule has 0 saturated carbocycles. The van der Waals surface area contributed by atoms with Crippen molar-refractivity contribution in [3.8, 4) is 0 Å². The summed E-state index contributed by atoms with van der Waals surface area (Å²) in [5.74, 6) is -1.84. The van der Waals surface area contributed by atoms with E-state index >= 15 is 0 Å². The first-order valence-electron chi connectivity index (χ1n) is 8.50. The molecule has 0 radical (unpaired) electrons. The fourth-order valence-electron chi connectivity index (χ4n) is 3.13. The van der Waals surface area contributed by atoms with Crippen molar-refractivity contribution in [3.63, 3.8) is 0 Å². The highest BCUT2D eigenvalue weighted by Gasteiger charge is 2.26. The van der Waals surface area contributed by atoms with E-state index in [0.29, 0.717) is 12.8 Å². The van der Waals surface area contributed by atoms with Gasteiger partial charge in [-0.05, 0) is 30.5 Å². The highest BCUT2D eigenvalue weighted by Crippen LogP contribution is 2.27. The molecule has 2 aromatic rings. The molecule has 1 unspecified atom stereocenters. The van der Waals surface area contributed by atoms with Crippen molar-refractivity contribution in [2.75, 3.05) is 12.4 Å². The molecular formula is C20H20F2N2O2. The van der Waals surface area contributed by atoms with Gasteiger partial charge in [-0.3, -0.25) is 9.59 Å². The summed E-state index contributed by atoms with van der Waals surface area (Å²) in [6, 6.07) is 10.9. The number of carbonyl (C=O) groups excluding carboxylic acids is 2. The fourth-order valence-corrected chi connectivity index (χ4v) is 3.13. The molecule has 0 aliphatic carbocycles. The van der Waals surface area contributed by atoms with Gasteiger partial charge >= 0.3 is 0 Å². The summed E-state index contributed by atoms with van der Waals surface area (Å²) >= 11 is 0. The summed E-state index contributed by atoms with van der Waals surface area (Å²) < 4.78 is 26.7. The first-order valence-corrected chi connectivity index (χ1v) is 8.50. The Balaban J connectivity index is 1.56. The third kappa shape index (κ3) is 4.07. The summed E-state index contributed by atoms with van der Waals surface area (Å²) in [6.45, 7) is 0.0602. The molecule has 1 aliphatic heterocycles. The second kappa shape index (κ2) is 7.64. The monoisotopic (exact) mass is 358 g/mol. The van der Waals surface area contributed by atoms with Crippen molar-refractivity contribution in [2.24, 2.45) is 5.92 Å². The van der Waals surface area contributed by atoms with Gasteiger partial charge < -0.3 is 10.2 Å². The van der Waals surface area contributed by atoms with Gasteiger partial charge in [0, 0.05) is 43.2 Å². The lowest BCUT2D eigenvalue weighted by Gasteiger charge is -2.25. The number of nitrogens with zero attached hydrogens (tertiary/aromatic N) is 1. The maximum Gasteiger partial charge on any atom is 0.227 e. The number of hydrogen-bond donors (Lipinski definition) is 1. The molecule has 6 heteroatoms. The van der Waals surface area contributed by atoms with E-state index < -0.39 is 11.6 Å². The molecular weight excluding hydrogens is 338 g/mol. The molecule has 2 amide bonds. The molecule has 26 heavy (non-hydrogen) atoms. The molecule has 1 atom stereocenters. The maximum atomic E-state index is 13.7. The lowest BCUT2D eigenvalue weighted by Crippen LogP contribution is -2.32. The lowest BCUT2D eigenvalue weighted by atomic mass is 9.89. The Kier molecular flexibility index (Phi) is 5.30. The van der Waals surface area contributed by atoms with Crippen molar-refractivity contribution >= 4 is 17.5 Å². The minimum atomic E-state index is -0.673. The van der Waals surface area contributed by atoms with E-state index in [0.717, 1.165) is 17.3 Å². The molecule has 1 heterocycles. The summed E-state index contributed by atoms with van der Waals surface area (Å²) in [7, 11) is 1.57. The SMILES string of the molecule is CN(Cc1ccc(F)cc1F)C(=O)CCC1Cc2ccccc2NC1=O. The first-order chi connectivity index (χ1) is 12.4. The van der Waals surface area contributed by atoms with Crippen molar-refractivity contribution in [1.29, 1.82) is 0 Å². The normalized spacial score (nSPS) is 16.0. The van der Waals surface area contributed by atoms with Crippen LogP contribution in [0.5, 0.6) is 0 Å². The molecule has 3 rings (SSSR count). The Bertz CT molecular complexity index is 838. The summed E-state index contributed by atoms with van der Waals surface area (Å²) in [6.07, 6.45) is 1.22. The molecule has 1 aliphatic rings. The van der Waals surface area contributed by atoms with Crippen LogP contribution in [-0.2, 0) is 22.6 Å². The van der Waals surface area contributed by atoms with E-state index in [-0.39, 0.29) is 36.3 Å². The van der Waals surface area contributed by atoms with Gasteiger partial charge in [-0.2, -0.15) is 0 Å². The number of benzene rings is 2. The Morgan fingerprint density at radius 3 is 2.77 bits per heavy atom. The first kappa shape index (κ1) is 18.0. The number of amides is 2. The molecule has 1 N–H and O–H groups in total. The molecule has 4 nitrogen and oxygen atoms in total. The highest BCUT2D eigenvalue weighted by atomic mass is 19.1. The average molecular weight is 358 g/mol. The van der Waals surface area contributed by atoms with E-state index in [1.54, 1.807) is 7.05 Å². The Hall–Kier alpha value is -2.76. The van der Waals surface area contributed by atoms with Gasteiger partial charge in [0.1, 0.15) is 11.6 Å². The van der Waals surface area contributed by atoms with E-state index in [2.05, 4.69) is 5.32 Å². The highest BCUT2D eigenvalue weighted by molar-refractivity contribution is 5.96. The van der Waals surface area contributed by atoms with Gasteiger partial charge in [-0.25, -0.2) is 8.78 Å². The third-order valence-electron chi connectivity index (χ3n) is 4.67. The number of carbonyl (C=O) groups is 2. The number of hydrogen-bond acceptors (Lipinski definition) is 2. The van der Waals surface area contributed by atoms with Gasteiger partial charge in [-0.15, -0.1) is 0 Å².